The van der Waals surface area contributed by atoms with E-state index in [1.54, 1.807) is 22.7 Å². The molecule has 5 heteroatoms. The second-order valence-electron chi connectivity index (χ2n) is 4.84. The lowest BCUT2D eigenvalue weighted by Gasteiger charge is -2.17. The molecule has 0 aliphatic carbocycles. The van der Waals surface area contributed by atoms with Crippen LogP contribution in [-0.4, -0.2) is 27.4 Å². The smallest absolute Gasteiger partial charge is 0.263 e. The molecule has 2 aromatic rings. The average Bonchev–Trinajstić information content (AvgIpc) is 2.99. The van der Waals surface area contributed by atoms with Gasteiger partial charge in [0.25, 0.3) is 5.91 Å². The van der Waals surface area contributed by atoms with E-state index >= 15 is 0 Å². The second kappa shape index (κ2) is 6.94. The quantitative estimate of drug-likeness (QED) is 0.799. The summed E-state index contributed by atoms with van der Waals surface area (Å²) < 4.78 is 6.48. The van der Waals surface area contributed by atoms with Crippen LogP contribution >= 0.6 is 24.0 Å². The van der Waals surface area contributed by atoms with Crippen LogP contribution in [0.4, 0.5) is 0 Å². The average molecular weight is 329 g/mol. The van der Waals surface area contributed by atoms with Crippen LogP contribution in [0, 0.1) is 0 Å². The molecule has 0 radical (unpaired) electrons. The maximum Gasteiger partial charge on any atom is 0.263 e. The first-order valence-electron chi connectivity index (χ1n) is 7.00. The first kappa shape index (κ1) is 15.1. The molecule has 1 heterocycles. The number of rotatable bonds is 4. The fourth-order valence-corrected chi connectivity index (χ4v) is 3.43. The first-order chi connectivity index (χ1) is 10.8. The second-order valence-corrected chi connectivity index (χ2v) is 6.57. The summed E-state index contributed by atoms with van der Waals surface area (Å²) in [6, 6.07) is 17.2. The van der Waals surface area contributed by atoms with Crippen molar-refractivity contribution in [3.05, 3.63) is 65.7 Å². The number of nitrogens with zero attached hydrogens (tertiary/aromatic N) is 1. The Bertz CT molecular complexity index is 688. The normalized spacial score (nSPS) is 14.2. The van der Waals surface area contributed by atoms with Crippen molar-refractivity contribution in [1.82, 2.24) is 4.90 Å². The van der Waals surface area contributed by atoms with Gasteiger partial charge in [0.2, 0.25) is 0 Å². The Morgan fingerprint density at radius 3 is 2.59 bits per heavy atom. The van der Waals surface area contributed by atoms with Crippen molar-refractivity contribution in [2.75, 3.05) is 12.3 Å². The zero-order valence-electron chi connectivity index (χ0n) is 11.9. The Morgan fingerprint density at radius 1 is 1.14 bits per heavy atom. The van der Waals surface area contributed by atoms with Crippen molar-refractivity contribution in [3.8, 4) is 5.75 Å². The zero-order chi connectivity index (χ0) is 15.4. The summed E-state index contributed by atoms with van der Waals surface area (Å²) >= 11 is 6.77. The number of carbonyl (C=O) groups excluding carboxylic acids is 1. The SMILES string of the molecule is O=C(c1ccccc1OCc1ccccc1)N1CCSC1=S. The number of para-hydroxylation sites is 1. The van der Waals surface area contributed by atoms with Gasteiger partial charge in [-0.15, -0.1) is 0 Å². The van der Waals surface area contributed by atoms with Gasteiger partial charge in [-0.05, 0) is 17.7 Å². The molecule has 1 fully saturated rings. The molecular formula is C17H15NO2S2. The summed E-state index contributed by atoms with van der Waals surface area (Å²) in [6.07, 6.45) is 0. The Labute approximate surface area is 139 Å². The Morgan fingerprint density at radius 2 is 1.86 bits per heavy atom. The molecule has 22 heavy (non-hydrogen) atoms. The fourth-order valence-electron chi connectivity index (χ4n) is 2.23. The molecule has 1 aliphatic heterocycles. The van der Waals surface area contributed by atoms with Gasteiger partial charge in [0.1, 0.15) is 16.7 Å². The van der Waals surface area contributed by atoms with Crippen LogP contribution in [-0.2, 0) is 6.61 Å². The molecule has 0 saturated carbocycles. The summed E-state index contributed by atoms with van der Waals surface area (Å²) in [7, 11) is 0. The molecule has 1 amide bonds. The molecule has 1 saturated heterocycles. The third-order valence-electron chi connectivity index (χ3n) is 3.36. The highest BCUT2D eigenvalue weighted by Crippen LogP contribution is 2.25. The number of carbonyl (C=O) groups is 1. The van der Waals surface area contributed by atoms with Crippen LogP contribution in [0.2, 0.25) is 0 Å². The maximum absolute atomic E-state index is 12.6. The molecule has 0 spiro atoms. The van der Waals surface area contributed by atoms with Gasteiger partial charge in [-0.3, -0.25) is 9.69 Å². The molecule has 2 aromatic carbocycles. The predicted octanol–water partition coefficient (Wildman–Crippen LogP) is 3.74. The molecule has 0 N–H and O–H groups in total. The van der Waals surface area contributed by atoms with Gasteiger partial charge < -0.3 is 4.74 Å². The summed E-state index contributed by atoms with van der Waals surface area (Å²) in [5.41, 5.74) is 1.63. The lowest BCUT2D eigenvalue weighted by Crippen LogP contribution is -2.31. The van der Waals surface area contributed by atoms with E-state index in [2.05, 4.69) is 0 Å². The minimum Gasteiger partial charge on any atom is -0.488 e. The molecule has 1 aliphatic rings. The van der Waals surface area contributed by atoms with Crippen molar-refractivity contribution < 1.29 is 9.53 Å². The number of thioether (sulfide) groups is 1. The lowest BCUT2D eigenvalue weighted by atomic mass is 10.1. The van der Waals surface area contributed by atoms with Gasteiger partial charge in [0.15, 0.2) is 0 Å². The van der Waals surface area contributed by atoms with Crippen LogP contribution in [0.5, 0.6) is 5.75 Å². The summed E-state index contributed by atoms with van der Waals surface area (Å²) in [6.45, 7) is 1.10. The van der Waals surface area contributed by atoms with E-state index in [1.807, 2.05) is 48.5 Å². The number of benzene rings is 2. The van der Waals surface area contributed by atoms with Gasteiger partial charge >= 0.3 is 0 Å². The van der Waals surface area contributed by atoms with Gasteiger partial charge in [-0.25, -0.2) is 0 Å². The van der Waals surface area contributed by atoms with Crippen LogP contribution < -0.4 is 4.74 Å². The van der Waals surface area contributed by atoms with Crippen LogP contribution in [0.1, 0.15) is 15.9 Å². The van der Waals surface area contributed by atoms with E-state index < -0.39 is 0 Å². The van der Waals surface area contributed by atoms with Gasteiger partial charge in [0.05, 0.1) is 5.56 Å². The Kier molecular flexibility index (Phi) is 4.75. The lowest BCUT2D eigenvalue weighted by molar-refractivity contribution is 0.0857. The molecule has 3 nitrogen and oxygen atoms in total. The molecule has 0 unspecified atom stereocenters. The van der Waals surface area contributed by atoms with Gasteiger partial charge in [-0.2, -0.15) is 0 Å². The number of amides is 1. The van der Waals surface area contributed by atoms with Crippen LogP contribution in [0.15, 0.2) is 54.6 Å². The highest BCUT2D eigenvalue weighted by Gasteiger charge is 2.27. The Hall–Kier alpha value is -1.85. The van der Waals surface area contributed by atoms with E-state index in [-0.39, 0.29) is 5.91 Å². The molecule has 0 atom stereocenters. The van der Waals surface area contributed by atoms with Crippen LogP contribution in [0.3, 0.4) is 0 Å². The molecule has 112 valence electrons. The van der Waals surface area contributed by atoms with E-state index in [9.17, 15) is 4.79 Å². The van der Waals surface area contributed by atoms with E-state index in [1.165, 1.54) is 0 Å². The van der Waals surface area contributed by atoms with Crippen molar-refractivity contribution in [2.45, 2.75) is 6.61 Å². The van der Waals surface area contributed by atoms with E-state index in [0.717, 1.165) is 11.3 Å². The zero-order valence-corrected chi connectivity index (χ0v) is 13.5. The summed E-state index contributed by atoms with van der Waals surface area (Å²) in [4.78, 5) is 14.3. The number of hydrogen-bond donors (Lipinski definition) is 0. The number of ether oxygens (including phenoxy) is 1. The van der Waals surface area contributed by atoms with Crippen molar-refractivity contribution >= 4 is 34.2 Å². The number of hydrogen-bond acceptors (Lipinski definition) is 4. The van der Waals surface area contributed by atoms with Gasteiger partial charge in [0, 0.05) is 12.3 Å². The molecule has 3 rings (SSSR count). The molecular weight excluding hydrogens is 314 g/mol. The topological polar surface area (TPSA) is 29.5 Å². The third kappa shape index (κ3) is 3.31. The summed E-state index contributed by atoms with van der Waals surface area (Å²) in [5.74, 6) is 1.37. The first-order valence-corrected chi connectivity index (χ1v) is 8.39. The largest absolute Gasteiger partial charge is 0.488 e. The van der Waals surface area contributed by atoms with Crippen molar-refractivity contribution in [1.29, 1.82) is 0 Å². The van der Waals surface area contributed by atoms with Crippen LogP contribution in [0.25, 0.3) is 0 Å². The predicted molar refractivity (Wildman–Crippen MR) is 93.3 cm³/mol. The number of thiocarbonyl (C=S) groups is 1. The monoisotopic (exact) mass is 329 g/mol. The minimum absolute atomic E-state index is 0.0846. The summed E-state index contributed by atoms with van der Waals surface area (Å²) in [5, 5.41) is 0. The molecule has 0 bridgehead atoms. The standard InChI is InChI=1S/C17H15NO2S2/c19-16(18-10-11-22-17(18)21)14-8-4-5-9-15(14)20-12-13-6-2-1-3-7-13/h1-9H,10-12H2. The van der Waals surface area contributed by atoms with E-state index in [4.69, 9.17) is 17.0 Å². The van der Waals surface area contributed by atoms with Crippen molar-refractivity contribution in [2.24, 2.45) is 0 Å². The fraction of sp³-hybridized carbons (Fsp3) is 0.176. The minimum atomic E-state index is -0.0846. The van der Waals surface area contributed by atoms with Crippen molar-refractivity contribution in [3.63, 3.8) is 0 Å². The van der Waals surface area contributed by atoms with Gasteiger partial charge in [-0.1, -0.05) is 66.4 Å². The molecule has 0 aromatic heterocycles. The van der Waals surface area contributed by atoms with E-state index in [0.29, 0.717) is 28.8 Å². The highest BCUT2D eigenvalue weighted by molar-refractivity contribution is 8.23. The Balaban J connectivity index is 1.78. The maximum atomic E-state index is 12.6. The highest BCUT2D eigenvalue weighted by atomic mass is 32.2. The third-order valence-corrected chi connectivity index (χ3v) is 4.79.